The van der Waals surface area contributed by atoms with E-state index in [1.54, 1.807) is 11.9 Å². The van der Waals surface area contributed by atoms with Crippen LogP contribution in [0.5, 0.6) is 0 Å². The molecule has 3 fully saturated rings. The fourth-order valence-corrected chi connectivity index (χ4v) is 10.7. The smallest absolute Gasteiger partial charge is 0.226 e. The minimum Gasteiger partial charge on any atom is -0.383 e. The molecule has 0 aromatic carbocycles. The molecule has 0 bridgehead atoms. The molecule has 42 heavy (non-hydrogen) atoms. The van der Waals surface area contributed by atoms with Gasteiger partial charge in [-0.3, -0.25) is 4.79 Å². The average Bonchev–Trinajstić information content (AvgIpc) is 3.40. The molecule has 0 aliphatic heterocycles. The Labute approximate surface area is 250 Å². The summed E-state index contributed by atoms with van der Waals surface area (Å²) in [7, 11) is 1.67. The number of hydrogen-bond acceptors (Lipinski definition) is 6. The SMILES string of the molecule is [C-]#[N+]C1=C[C@]2(C)C3=CC(=O)[C@@H]4[C@@H]5CC(C)(C)CC[C@]5(c5nnn(CCOC)n5)CC[C@@]4(C)[C@]3(C)CC[C@H]2C(C)(C)C1=O. The van der Waals surface area contributed by atoms with Crippen LogP contribution in [0.15, 0.2) is 23.4 Å². The van der Waals surface area contributed by atoms with Gasteiger partial charge in [-0.1, -0.05) is 60.1 Å². The van der Waals surface area contributed by atoms with E-state index in [0.717, 1.165) is 56.3 Å². The molecular weight excluding hydrogens is 526 g/mol. The summed E-state index contributed by atoms with van der Waals surface area (Å²) in [5, 5.41) is 13.9. The van der Waals surface area contributed by atoms with Gasteiger partial charge in [-0.2, -0.15) is 4.80 Å². The number of methoxy groups -OCH3 is 1. The molecular formula is C34H47N5O3. The first-order valence-electron chi connectivity index (χ1n) is 15.8. The van der Waals surface area contributed by atoms with Crippen LogP contribution >= 0.6 is 0 Å². The number of ketones is 2. The zero-order valence-electron chi connectivity index (χ0n) is 26.7. The summed E-state index contributed by atoms with van der Waals surface area (Å²) in [5.74, 6) is 0.963. The molecule has 3 saturated carbocycles. The van der Waals surface area contributed by atoms with Crippen LogP contribution < -0.4 is 0 Å². The van der Waals surface area contributed by atoms with E-state index in [9.17, 15) is 9.59 Å². The van der Waals surface area contributed by atoms with Gasteiger partial charge < -0.3 is 9.53 Å². The van der Waals surface area contributed by atoms with Crippen molar-refractivity contribution >= 4 is 11.6 Å². The summed E-state index contributed by atoms with van der Waals surface area (Å²) < 4.78 is 5.25. The van der Waals surface area contributed by atoms with E-state index in [0.29, 0.717) is 13.2 Å². The lowest BCUT2D eigenvalue weighted by Crippen LogP contribution is -2.65. The van der Waals surface area contributed by atoms with E-state index >= 15 is 0 Å². The number of ether oxygens (including phenoxy) is 1. The van der Waals surface area contributed by atoms with Crippen LogP contribution in [0, 0.1) is 51.4 Å². The first-order chi connectivity index (χ1) is 19.6. The number of carbonyl (C=O) groups is 2. The maximum atomic E-state index is 14.7. The zero-order chi connectivity index (χ0) is 30.5. The third-order valence-electron chi connectivity index (χ3n) is 13.2. The summed E-state index contributed by atoms with van der Waals surface area (Å²) in [6.07, 6.45) is 10.6. The quantitative estimate of drug-likeness (QED) is 0.402. The lowest BCUT2D eigenvalue weighted by atomic mass is 9.34. The van der Waals surface area contributed by atoms with E-state index in [-0.39, 0.29) is 56.7 Å². The van der Waals surface area contributed by atoms with Crippen molar-refractivity contribution in [1.29, 1.82) is 0 Å². The standard InChI is InChI=1S/C34H47N5O3/c1-29(2)12-14-34(28-36-38-39(37-28)16-17-42-9)15-13-33(7)26(21(34)19-29)23(40)18-25-31(5)20-22(35-8)27(41)30(3,4)24(31)10-11-32(25,33)6/h18,20-21,24,26H,10-17,19H2,1-7,9H3/t21-,24-,26-,31-,32+,33+,34-/m0/s1. The minimum absolute atomic E-state index is 0.0536. The van der Waals surface area contributed by atoms with Crippen molar-refractivity contribution in [3.63, 3.8) is 0 Å². The molecule has 0 N–H and O–H groups in total. The van der Waals surface area contributed by atoms with E-state index < -0.39 is 10.8 Å². The molecule has 0 spiro atoms. The molecule has 0 amide bonds. The van der Waals surface area contributed by atoms with Gasteiger partial charge >= 0.3 is 0 Å². The van der Waals surface area contributed by atoms with Gasteiger partial charge in [-0.25, -0.2) is 4.85 Å². The van der Waals surface area contributed by atoms with Crippen molar-refractivity contribution in [3.8, 4) is 0 Å². The van der Waals surface area contributed by atoms with Crippen molar-refractivity contribution in [2.45, 2.75) is 105 Å². The minimum atomic E-state index is -0.651. The van der Waals surface area contributed by atoms with Crippen LogP contribution in [0.4, 0.5) is 0 Å². The number of fused-ring (bicyclic) bond motifs is 7. The van der Waals surface area contributed by atoms with Crippen molar-refractivity contribution in [2.24, 2.45) is 44.8 Å². The predicted molar refractivity (Wildman–Crippen MR) is 159 cm³/mol. The molecule has 5 aliphatic rings. The van der Waals surface area contributed by atoms with Crippen LogP contribution in [0.2, 0.25) is 0 Å². The molecule has 1 heterocycles. The monoisotopic (exact) mass is 573 g/mol. The van der Waals surface area contributed by atoms with Crippen LogP contribution in [0.25, 0.3) is 4.85 Å². The van der Waals surface area contributed by atoms with Gasteiger partial charge in [0.05, 0.1) is 19.7 Å². The van der Waals surface area contributed by atoms with Crippen molar-refractivity contribution in [3.05, 3.63) is 40.7 Å². The van der Waals surface area contributed by atoms with Gasteiger partial charge in [0.25, 0.3) is 0 Å². The Morgan fingerprint density at radius 2 is 1.76 bits per heavy atom. The molecule has 0 unspecified atom stereocenters. The van der Waals surface area contributed by atoms with E-state index in [1.807, 2.05) is 26.0 Å². The van der Waals surface area contributed by atoms with E-state index in [4.69, 9.17) is 16.4 Å². The third-order valence-corrected chi connectivity index (χ3v) is 13.2. The third kappa shape index (κ3) is 3.71. The molecule has 1 aromatic rings. The van der Waals surface area contributed by atoms with Crippen LogP contribution in [0.3, 0.4) is 0 Å². The zero-order valence-corrected chi connectivity index (χ0v) is 26.7. The van der Waals surface area contributed by atoms with Crippen LogP contribution in [0.1, 0.15) is 99.2 Å². The second kappa shape index (κ2) is 9.17. The molecule has 1 aromatic heterocycles. The Morgan fingerprint density at radius 3 is 2.45 bits per heavy atom. The molecule has 7 atom stereocenters. The fourth-order valence-electron chi connectivity index (χ4n) is 10.7. The van der Waals surface area contributed by atoms with Gasteiger partial charge in [0, 0.05) is 29.3 Å². The Bertz CT molecular complexity index is 1450. The summed E-state index contributed by atoms with van der Waals surface area (Å²) in [6.45, 7) is 24.5. The molecule has 6 rings (SSSR count). The highest BCUT2D eigenvalue weighted by molar-refractivity contribution is 6.03. The average molecular weight is 574 g/mol. The topological polar surface area (TPSA) is 91.3 Å². The Hall–Kier alpha value is -2.66. The normalized spacial score (nSPS) is 41.8. The number of aromatic nitrogens is 4. The predicted octanol–water partition coefficient (Wildman–Crippen LogP) is 6.14. The van der Waals surface area contributed by atoms with Gasteiger partial charge in [-0.05, 0) is 84.3 Å². The number of carbonyl (C=O) groups excluding carboxylic acids is 2. The number of Topliss-reactive ketones (excluding diaryl/α,β-unsaturated/α-hetero) is 1. The van der Waals surface area contributed by atoms with Gasteiger partial charge in [0.15, 0.2) is 17.4 Å². The Morgan fingerprint density at radius 1 is 1.05 bits per heavy atom. The first-order valence-corrected chi connectivity index (χ1v) is 15.8. The van der Waals surface area contributed by atoms with Gasteiger partial charge in [-0.15, -0.1) is 10.2 Å². The van der Waals surface area contributed by atoms with Crippen molar-refractivity contribution < 1.29 is 14.3 Å². The Balaban J connectivity index is 1.49. The highest BCUT2D eigenvalue weighted by atomic mass is 16.5. The second-order valence-electron chi connectivity index (χ2n) is 16.1. The molecule has 0 saturated heterocycles. The van der Waals surface area contributed by atoms with Gasteiger partial charge in [0.1, 0.15) is 0 Å². The number of nitrogens with zero attached hydrogens (tertiary/aromatic N) is 5. The van der Waals surface area contributed by atoms with Crippen molar-refractivity contribution in [1.82, 2.24) is 20.2 Å². The summed E-state index contributed by atoms with van der Waals surface area (Å²) in [5.41, 5.74) is -0.441. The first kappa shape index (κ1) is 29.4. The number of hydrogen-bond donors (Lipinski definition) is 0. The Kier molecular flexibility index (Phi) is 6.42. The molecule has 8 nitrogen and oxygen atoms in total. The van der Waals surface area contributed by atoms with Crippen LogP contribution in [-0.4, -0.2) is 45.5 Å². The highest BCUT2D eigenvalue weighted by Gasteiger charge is 2.70. The van der Waals surface area contributed by atoms with Gasteiger partial charge in [0.2, 0.25) is 5.70 Å². The second-order valence-corrected chi connectivity index (χ2v) is 16.1. The highest BCUT2D eigenvalue weighted by Crippen LogP contribution is 2.74. The molecule has 226 valence electrons. The molecule has 5 aliphatic carbocycles. The number of tetrazole rings is 1. The molecule has 0 radical (unpaired) electrons. The lowest BCUT2D eigenvalue weighted by molar-refractivity contribution is -0.160. The number of rotatable bonds is 4. The van der Waals surface area contributed by atoms with E-state index in [1.165, 1.54) is 0 Å². The molecule has 8 heteroatoms. The summed E-state index contributed by atoms with van der Waals surface area (Å²) in [4.78, 5) is 33.4. The lowest BCUT2D eigenvalue weighted by Gasteiger charge is -2.69. The maximum Gasteiger partial charge on any atom is 0.226 e. The summed E-state index contributed by atoms with van der Waals surface area (Å²) >= 11 is 0. The van der Waals surface area contributed by atoms with Crippen LogP contribution in [-0.2, 0) is 26.3 Å². The number of allylic oxidation sites excluding steroid dienone is 4. The van der Waals surface area contributed by atoms with E-state index in [2.05, 4.69) is 49.8 Å². The fraction of sp³-hybridized carbons (Fsp3) is 0.765. The van der Waals surface area contributed by atoms with Crippen molar-refractivity contribution in [2.75, 3.05) is 13.7 Å². The largest absolute Gasteiger partial charge is 0.383 e. The summed E-state index contributed by atoms with van der Waals surface area (Å²) in [6, 6.07) is 0. The maximum absolute atomic E-state index is 14.7.